The van der Waals surface area contributed by atoms with Gasteiger partial charge in [-0.25, -0.2) is 0 Å². The molecule has 14 heteroatoms. The fraction of sp³-hybridized carbons (Fsp3) is 0.771. The summed E-state index contributed by atoms with van der Waals surface area (Å²) < 4.78 is 22.6. The predicted octanol–water partition coefficient (Wildman–Crippen LogP) is 5.10. The van der Waals surface area contributed by atoms with Crippen LogP contribution in [0.4, 0.5) is 0 Å². The summed E-state index contributed by atoms with van der Waals surface area (Å²) in [7, 11) is 0. The highest BCUT2D eigenvalue weighted by molar-refractivity contribution is 5.77. The summed E-state index contributed by atoms with van der Waals surface area (Å²) in [5.74, 6) is -0.337. The van der Waals surface area contributed by atoms with E-state index in [1.165, 1.54) is 57.8 Å². The fourth-order valence-electron chi connectivity index (χ4n) is 7.42. The summed E-state index contributed by atoms with van der Waals surface area (Å²) in [6.07, 6.45) is 24.0. The Hall–Kier alpha value is -2.31. The smallest absolute Gasteiger partial charge is 0.224 e. The van der Waals surface area contributed by atoms with Crippen LogP contribution >= 0.6 is 0 Å². The topological polar surface area (TPSA) is 228 Å². The van der Waals surface area contributed by atoms with Crippen molar-refractivity contribution in [2.75, 3.05) is 19.8 Å². The van der Waals surface area contributed by atoms with Crippen LogP contribution in [-0.4, -0.2) is 140 Å². The zero-order valence-corrected chi connectivity index (χ0v) is 37.6. The summed E-state index contributed by atoms with van der Waals surface area (Å²) in [4.78, 5) is 13.1. The minimum absolute atomic E-state index is 0.0697. The monoisotopic (exact) mass is 882 g/mol. The number of amides is 1. The van der Waals surface area contributed by atoms with Gasteiger partial charge in [-0.3, -0.25) is 4.79 Å². The first kappa shape index (κ1) is 55.8. The maximum Gasteiger partial charge on any atom is 0.224 e. The quantitative estimate of drug-likeness (QED) is 0.0304. The summed E-state index contributed by atoms with van der Waals surface area (Å²) in [6.45, 7) is 2.63. The molecule has 14 nitrogen and oxygen atoms in total. The Kier molecular flexibility index (Phi) is 31.5. The molecule has 0 radical (unpaired) electrons. The van der Waals surface area contributed by atoms with Gasteiger partial charge in [-0.15, -0.1) is 0 Å². The van der Waals surface area contributed by atoms with Gasteiger partial charge in [-0.05, 0) is 38.5 Å². The molecule has 0 bridgehead atoms. The summed E-state index contributed by atoms with van der Waals surface area (Å²) in [5.41, 5.74) is 0. The lowest BCUT2D eigenvalue weighted by Gasteiger charge is -2.46. The molecule has 2 fully saturated rings. The second kappa shape index (κ2) is 35.0. The summed E-state index contributed by atoms with van der Waals surface area (Å²) >= 11 is 0. The molecule has 9 N–H and O–H groups in total. The molecule has 358 valence electrons. The maximum atomic E-state index is 13.1. The molecule has 0 saturated carbocycles. The molecule has 1 amide bonds. The van der Waals surface area contributed by atoms with Crippen molar-refractivity contribution >= 4 is 5.91 Å². The minimum atomic E-state index is -1.79. The van der Waals surface area contributed by atoms with Crippen molar-refractivity contribution in [3.63, 3.8) is 0 Å². The number of ether oxygens (including phenoxy) is 4. The molecule has 12 unspecified atom stereocenters. The fourth-order valence-corrected chi connectivity index (χ4v) is 7.42. The molecular formula is C48H83NO13. The van der Waals surface area contributed by atoms with Gasteiger partial charge in [0.05, 0.1) is 32.0 Å². The van der Waals surface area contributed by atoms with Crippen molar-refractivity contribution in [2.24, 2.45) is 0 Å². The predicted molar refractivity (Wildman–Crippen MR) is 240 cm³/mol. The number of rotatable bonds is 34. The normalized spacial score (nSPS) is 28.3. The zero-order chi connectivity index (χ0) is 45.4. The number of carbonyl (C=O) groups is 1. The lowest BCUT2D eigenvalue weighted by atomic mass is 9.97. The third kappa shape index (κ3) is 22.5. The van der Waals surface area contributed by atoms with Crippen LogP contribution in [0.2, 0.25) is 0 Å². The van der Waals surface area contributed by atoms with Crippen molar-refractivity contribution in [1.29, 1.82) is 0 Å². The molecule has 0 aromatic heterocycles. The molecule has 2 saturated heterocycles. The van der Waals surface area contributed by atoms with Crippen LogP contribution in [0.25, 0.3) is 0 Å². The van der Waals surface area contributed by atoms with Crippen LogP contribution in [0.1, 0.15) is 142 Å². The molecule has 0 aromatic rings. The number of nitrogens with one attached hydrogen (secondary N) is 1. The highest BCUT2D eigenvalue weighted by Gasteiger charge is 2.51. The van der Waals surface area contributed by atoms with Gasteiger partial charge in [-0.2, -0.15) is 0 Å². The second-order valence-electron chi connectivity index (χ2n) is 16.5. The number of hydrogen-bond donors (Lipinski definition) is 9. The second-order valence-corrected chi connectivity index (χ2v) is 16.5. The van der Waals surface area contributed by atoms with Gasteiger partial charge in [0.2, 0.25) is 5.91 Å². The van der Waals surface area contributed by atoms with E-state index in [0.717, 1.165) is 51.4 Å². The Bertz CT molecular complexity index is 1270. The number of carbonyl (C=O) groups excluding carboxylic acids is 1. The van der Waals surface area contributed by atoms with E-state index in [2.05, 4.69) is 61.7 Å². The molecular weight excluding hydrogens is 799 g/mol. The first-order valence-electron chi connectivity index (χ1n) is 23.5. The first-order valence-corrected chi connectivity index (χ1v) is 23.5. The van der Waals surface area contributed by atoms with Crippen LogP contribution in [-0.2, 0) is 23.7 Å². The Morgan fingerprint density at radius 1 is 0.581 bits per heavy atom. The van der Waals surface area contributed by atoms with Crippen molar-refractivity contribution in [3.8, 4) is 0 Å². The van der Waals surface area contributed by atoms with E-state index >= 15 is 0 Å². The van der Waals surface area contributed by atoms with Gasteiger partial charge < -0.3 is 65.1 Å². The molecule has 0 aromatic carbocycles. The largest absolute Gasteiger partial charge is 0.394 e. The van der Waals surface area contributed by atoms with Gasteiger partial charge >= 0.3 is 0 Å². The number of allylic oxidation sites excluding steroid dienone is 9. The molecule has 2 aliphatic rings. The van der Waals surface area contributed by atoms with E-state index in [0.29, 0.717) is 12.8 Å². The summed E-state index contributed by atoms with van der Waals surface area (Å²) in [5, 5.41) is 86.6. The molecule has 12 atom stereocenters. The number of hydrogen-bond acceptors (Lipinski definition) is 13. The number of aliphatic hydroxyl groups excluding tert-OH is 8. The Morgan fingerprint density at radius 2 is 1.05 bits per heavy atom. The molecule has 62 heavy (non-hydrogen) atoms. The van der Waals surface area contributed by atoms with Crippen molar-refractivity contribution in [1.82, 2.24) is 5.32 Å². The molecule has 0 aliphatic carbocycles. The van der Waals surface area contributed by atoms with E-state index in [-0.39, 0.29) is 18.9 Å². The van der Waals surface area contributed by atoms with Crippen molar-refractivity contribution in [2.45, 2.75) is 216 Å². The van der Waals surface area contributed by atoms with Crippen molar-refractivity contribution in [3.05, 3.63) is 60.8 Å². The Morgan fingerprint density at radius 3 is 1.56 bits per heavy atom. The standard InChI is InChI=1S/C48H83NO13/c1-3-5-7-9-11-13-15-17-18-20-22-24-26-28-30-32-40(53)49-36(37(52)31-29-27-25-23-21-19-16-14-12-10-8-6-4-2)35-59-47-45(58)43(56)46(39(34-51)61-47)62-48-44(57)42(55)41(54)38(33-50)60-48/h5,7,11,13,17-18,22,24,28,30,36-39,41-48,50-52,54-58H,3-4,6,8-10,12,14-16,19-21,23,25-27,29,31-35H2,1-2H3,(H,49,53)/b7-5-,13-11-,18-17-,24-22-,30-28-. The molecule has 0 spiro atoms. The van der Waals surface area contributed by atoms with Crippen LogP contribution in [0.3, 0.4) is 0 Å². The van der Waals surface area contributed by atoms with E-state index in [4.69, 9.17) is 18.9 Å². The lowest BCUT2D eigenvalue weighted by Crippen LogP contribution is -2.65. The number of unbranched alkanes of at least 4 members (excludes halogenated alkanes) is 12. The third-order valence-electron chi connectivity index (χ3n) is 11.3. The van der Waals surface area contributed by atoms with Crippen LogP contribution < -0.4 is 5.32 Å². The molecule has 2 aliphatic heterocycles. The van der Waals surface area contributed by atoms with Gasteiger partial charge in [0.15, 0.2) is 12.6 Å². The highest BCUT2D eigenvalue weighted by Crippen LogP contribution is 2.30. The van der Waals surface area contributed by atoms with Crippen LogP contribution in [0.5, 0.6) is 0 Å². The SMILES string of the molecule is CC/C=C\C/C=C\C/C=C\C/C=C\C/C=C\CC(=O)NC(COC1OC(CO)C(OC2OC(CO)C(O)C(O)C2O)C(O)C1O)C(O)CCCCCCCCCCCCCCC. The van der Waals surface area contributed by atoms with E-state index < -0.39 is 86.8 Å². The zero-order valence-electron chi connectivity index (χ0n) is 37.6. The van der Waals surface area contributed by atoms with E-state index in [1.54, 1.807) is 6.08 Å². The third-order valence-corrected chi connectivity index (χ3v) is 11.3. The lowest BCUT2D eigenvalue weighted by molar-refractivity contribution is -0.359. The Balaban J connectivity index is 1.92. The van der Waals surface area contributed by atoms with Crippen LogP contribution in [0.15, 0.2) is 60.8 Å². The first-order chi connectivity index (χ1) is 30.1. The summed E-state index contributed by atoms with van der Waals surface area (Å²) in [6, 6.07) is -0.883. The van der Waals surface area contributed by atoms with Gasteiger partial charge in [0.25, 0.3) is 0 Å². The average molecular weight is 882 g/mol. The van der Waals surface area contributed by atoms with Gasteiger partial charge in [-0.1, -0.05) is 158 Å². The molecule has 2 heterocycles. The van der Waals surface area contributed by atoms with Crippen LogP contribution in [0, 0.1) is 0 Å². The highest BCUT2D eigenvalue weighted by atomic mass is 16.7. The van der Waals surface area contributed by atoms with E-state index in [9.17, 15) is 45.6 Å². The molecule has 2 rings (SSSR count). The van der Waals surface area contributed by atoms with E-state index in [1.807, 2.05) is 12.2 Å². The minimum Gasteiger partial charge on any atom is -0.394 e. The number of aliphatic hydroxyl groups is 8. The van der Waals surface area contributed by atoms with Crippen molar-refractivity contribution < 1.29 is 64.6 Å². The van der Waals surface area contributed by atoms with Gasteiger partial charge in [0.1, 0.15) is 48.8 Å². The average Bonchev–Trinajstić information content (AvgIpc) is 3.27. The van der Waals surface area contributed by atoms with Gasteiger partial charge in [0, 0.05) is 6.42 Å². The Labute approximate surface area is 371 Å². The maximum absolute atomic E-state index is 13.1.